The van der Waals surface area contributed by atoms with Crippen molar-refractivity contribution in [2.24, 2.45) is 0 Å². The van der Waals surface area contributed by atoms with E-state index in [9.17, 15) is 0 Å². The molecular formula is C14H29NSi. The van der Waals surface area contributed by atoms with Gasteiger partial charge in [0.15, 0.2) is 0 Å². The van der Waals surface area contributed by atoms with Crippen molar-refractivity contribution in [1.82, 2.24) is 4.57 Å². The molecule has 0 aromatic rings. The molecule has 1 nitrogen and oxygen atoms in total. The van der Waals surface area contributed by atoms with E-state index in [1.54, 1.807) is 0 Å². The zero-order valence-electron chi connectivity index (χ0n) is 11.3. The molecule has 16 heavy (non-hydrogen) atoms. The second kappa shape index (κ2) is 6.20. The van der Waals surface area contributed by atoms with Gasteiger partial charge in [-0.3, -0.25) is 0 Å². The van der Waals surface area contributed by atoms with Gasteiger partial charge in [0.05, 0.1) is 0 Å². The third-order valence-electron chi connectivity index (χ3n) is 4.59. The highest BCUT2D eigenvalue weighted by molar-refractivity contribution is 6.52. The predicted octanol–water partition coefficient (Wildman–Crippen LogP) is 3.94. The Kier molecular flexibility index (Phi) is 4.90. The van der Waals surface area contributed by atoms with Gasteiger partial charge in [0.2, 0.25) is 0 Å². The highest BCUT2D eigenvalue weighted by Gasteiger charge is 2.30. The lowest BCUT2D eigenvalue weighted by molar-refractivity contribution is 0.166. The molecule has 0 bridgehead atoms. The van der Waals surface area contributed by atoms with Gasteiger partial charge in [-0.25, -0.2) is 0 Å². The molecule has 2 heteroatoms. The van der Waals surface area contributed by atoms with Gasteiger partial charge in [-0.15, -0.1) is 0 Å². The lowest BCUT2D eigenvalue weighted by Crippen LogP contribution is -2.51. The van der Waals surface area contributed by atoms with Gasteiger partial charge < -0.3 is 4.57 Å². The fraction of sp³-hybridized carbons (Fsp3) is 1.00. The first-order chi connectivity index (χ1) is 7.79. The third kappa shape index (κ3) is 3.10. The first-order valence-electron chi connectivity index (χ1n) is 7.56. The monoisotopic (exact) mass is 239 g/mol. The fourth-order valence-electron chi connectivity index (χ4n) is 3.90. The van der Waals surface area contributed by atoms with E-state index in [-0.39, 0.29) is 0 Å². The van der Waals surface area contributed by atoms with Crippen LogP contribution in [0.3, 0.4) is 0 Å². The van der Waals surface area contributed by atoms with Crippen LogP contribution in [0.15, 0.2) is 0 Å². The Labute approximate surface area is 103 Å². The van der Waals surface area contributed by atoms with Gasteiger partial charge in [0, 0.05) is 12.1 Å². The SMILES string of the molecule is C[SiH](C)N(C1CCCCC1)C1CCCCC1. The Hall–Kier alpha value is 0.177. The molecule has 0 unspecified atom stereocenters. The van der Waals surface area contributed by atoms with Crippen LogP contribution in [0.5, 0.6) is 0 Å². The van der Waals surface area contributed by atoms with E-state index < -0.39 is 8.96 Å². The molecule has 0 spiro atoms. The Balaban J connectivity index is 1.96. The van der Waals surface area contributed by atoms with E-state index in [1.165, 1.54) is 64.2 Å². The smallest absolute Gasteiger partial charge is 0.106 e. The minimum atomic E-state index is -0.599. The summed E-state index contributed by atoms with van der Waals surface area (Å²) in [5.41, 5.74) is 0. The van der Waals surface area contributed by atoms with Crippen LogP contribution in [-0.2, 0) is 0 Å². The molecule has 2 fully saturated rings. The molecule has 0 heterocycles. The maximum absolute atomic E-state index is 3.03. The summed E-state index contributed by atoms with van der Waals surface area (Å²) in [6.07, 6.45) is 15.0. The quantitative estimate of drug-likeness (QED) is 0.674. The van der Waals surface area contributed by atoms with Gasteiger partial charge in [-0.05, 0) is 25.7 Å². The Morgan fingerprint density at radius 1 is 0.688 bits per heavy atom. The number of rotatable bonds is 3. The average Bonchev–Trinajstić information content (AvgIpc) is 2.31. The van der Waals surface area contributed by atoms with Crippen LogP contribution in [0, 0.1) is 0 Å². The van der Waals surface area contributed by atoms with Crippen LogP contribution < -0.4 is 0 Å². The maximum atomic E-state index is 3.03. The number of nitrogens with zero attached hydrogens (tertiary/aromatic N) is 1. The summed E-state index contributed by atoms with van der Waals surface area (Å²) in [4.78, 5) is 0. The van der Waals surface area contributed by atoms with Gasteiger partial charge in [0.25, 0.3) is 0 Å². The van der Waals surface area contributed by atoms with E-state index in [4.69, 9.17) is 0 Å². The summed E-state index contributed by atoms with van der Waals surface area (Å²) < 4.78 is 3.03. The molecular weight excluding hydrogens is 210 g/mol. The largest absolute Gasteiger partial charge is 0.321 e. The molecule has 0 amide bonds. The Bertz CT molecular complexity index is 175. The summed E-state index contributed by atoms with van der Waals surface area (Å²) in [7, 11) is -0.599. The minimum absolute atomic E-state index is 0.599. The van der Waals surface area contributed by atoms with E-state index in [1.807, 2.05) is 0 Å². The molecule has 0 aliphatic heterocycles. The number of hydrogen-bond donors (Lipinski definition) is 0. The summed E-state index contributed by atoms with van der Waals surface area (Å²) in [5, 5.41) is 0. The van der Waals surface area contributed by atoms with Gasteiger partial charge in [-0.1, -0.05) is 51.6 Å². The molecule has 0 aromatic heterocycles. The molecule has 0 N–H and O–H groups in total. The lowest BCUT2D eigenvalue weighted by Gasteiger charge is -2.44. The van der Waals surface area contributed by atoms with Crippen LogP contribution in [-0.4, -0.2) is 25.6 Å². The van der Waals surface area contributed by atoms with Crippen LogP contribution in [0.4, 0.5) is 0 Å². The average molecular weight is 239 g/mol. The highest BCUT2D eigenvalue weighted by Crippen LogP contribution is 2.30. The molecule has 0 radical (unpaired) electrons. The van der Waals surface area contributed by atoms with E-state index in [2.05, 4.69) is 17.7 Å². The van der Waals surface area contributed by atoms with Gasteiger partial charge in [0.1, 0.15) is 8.96 Å². The second-order valence-electron chi connectivity index (χ2n) is 6.12. The van der Waals surface area contributed by atoms with Crippen molar-refractivity contribution in [3.05, 3.63) is 0 Å². The Morgan fingerprint density at radius 2 is 1.06 bits per heavy atom. The highest BCUT2D eigenvalue weighted by atomic mass is 28.3. The van der Waals surface area contributed by atoms with Crippen molar-refractivity contribution < 1.29 is 0 Å². The lowest BCUT2D eigenvalue weighted by atomic mass is 9.91. The van der Waals surface area contributed by atoms with Crippen molar-refractivity contribution in [3.8, 4) is 0 Å². The zero-order chi connectivity index (χ0) is 11.4. The molecule has 2 aliphatic rings. The first-order valence-corrected chi connectivity index (χ1v) is 10.4. The molecule has 2 saturated carbocycles. The van der Waals surface area contributed by atoms with Crippen LogP contribution >= 0.6 is 0 Å². The fourth-order valence-corrected chi connectivity index (χ4v) is 6.18. The summed E-state index contributed by atoms with van der Waals surface area (Å²) in [5.74, 6) is 0. The van der Waals surface area contributed by atoms with Crippen molar-refractivity contribution >= 4 is 8.96 Å². The molecule has 2 rings (SSSR count). The summed E-state index contributed by atoms with van der Waals surface area (Å²) >= 11 is 0. The Morgan fingerprint density at radius 3 is 1.38 bits per heavy atom. The van der Waals surface area contributed by atoms with Crippen LogP contribution in [0.25, 0.3) is 0 Å². The normalized spacial score (nSPS) is 25.5. The van der Waals surface area contributed by atoms with E-state index in [0.29, 0.717) is 0 Å². The predicted molar refractivity (Wildman–Crippen MR) is 74.5 cm³/mol. The van der Waals surface area contributed by atoms with Crippen LogP contribution in [0.1, 0.15) is 64.2 Å². The standard InChI is InChI=1S/C14H29NSi/c1-16(2)15(13-9-5-3-6-10-13)14-11-7-4-8-12-14/h13-14,16H,3-12H2,1-2H3. The molecule has 2 aliphatic carbocycles. The van der Waals surface area contributed by atoms with Crippen molar-refractivity contribution in [1.29, 1.82) is 0 Å². The van der Waals surface area contributed by atoms with Crippen molar-refractivity contribution in [2.45, 2.75) is 89.4 Å². The molecule has 0 atom stereocenters. The molecule has 0 saturated heterocycles. The second-order valence-corrected chi connectivity index (χ2v) is 8.91. The summed E-state index contributed by atoms with van der Waals surface area (Å²) in [6, 6.07) is 1.95. The molecule has 0 aromatic carbocycles. The maximum Gasteiger partial charge on any atom is 0.106 e. The minimum Gasteiger partial charge on any atom is -0.321 e. The van der Waals surface area contributed by atoms with Crippen molar-refractivity contribution in [3.63, 3.8) is 0 Å². The topological polar surface area (TPSA) is 3.24 Å². The van der Waals surface area contributed by atoms with Crippen molar-refractivity contribution in [2.75, 3.05) is 0 Å². The molecule has 94 valence electrons. The van der Waals surface area contributed by atoms with E-state index in [0.717, 1.165) is 12.1 Å². The first kappa shape index (κ1) is 12.6. The number of hydrogen-bond acceptors (Lipinski definition) is 1. The zero-order valence-corrected chi connectivity index (χ0v) is 12.4. The van der Waals surface area contributed by atoms with Gasteiger partial charge in [-0.2, -0.15) is 0 Å². The summed E-state index contributed by atoms with van der Waals surface area (Å²) in [6.45, 7) is 5.09. The van der Waals surface area contributed by atoms with Gasteiger partial charge >= 0.3 is 0 Å². The van der Waals surface area contributed by atoms with E-state index >= 15 is 0 Å². The van der Waals surface area contributed by atoms with Crippen LogP contribution in [0.2, 0.25) is 13.1 Å². The third-order valence-corrected chi connectivity index (χ3v) is 6.62.